The molecular formula is C15H14O3. The minimum absolute atomic E-state index is 0.0440. The van der Waals surface area contributed by atoms with E-state index in [2.05, 4.69) is 12.1 Å². The number of ether oxygens (including phenoxy) is 1. The van der Waals surface area contributed by atoms with E-state index in [0.717, 1.165) is 19.3 Å². The lowest BCUT2D eigenvalue weighted by Gasteiger charge is -2.24. The Labute approximate surface area is 105 Å². The molecule has 1 aliphatic carbocycles. The molecule has 0 saturated carbocycles. The first kappa shape index (κ1) is 11.1. The van der Waals surface area contributed by atoms with Crippen LogP contribution in [0.15, 0.2) is 47.1 Å². The Hall–Kier alpha value is -2.03. The molecule has 1 aliphatic rings. The van der Waals surface area contributed by atoms with Gasteiger partial charge in [-0.3, -0.25) is 0 Å². The molecule has 2 aromatic rings. The minimum Gasteiger partial charge on any atom is -0.457 e. The van der Waals surface area contributed by atoms with Crippen molar-refractivity contribution in [1.29, 1.82) is 0 Å². The van der Waals surface area contributed by atoms with E-state index >= 15 is 0 Å². The number of carbonyl (C=O) groups excluding carboxylic acids is 1. The maximum absolute atomic E-state index is 11.8. The van der Waals surface area contributed by atoms with Gasteiger partial charge in [-0.25, -0.2) is 4.79 Å². The second kappa shape index (κ2) is 4.69. The SMILES string of the molecule is O=C(O[C@H]1CCc2ccccc2C1)c1ccco1. The molecule has 18 heavy (non-hydrogen) atoms. The normalized spacial score (nSPS) is 18.1. The van der Waals surface area contributed by atoms with E-state index in [0.29, 0.717) is 0 Å². The van der Waals surface area contributed by atoms with Crippen LogP contribution in [0, 0.1) is 0 Å². The average molecular weight is 242 g/mol. The summed E-state index contributed by atoms with van der Waals surface area (Å²) in [5, 5.41) is 0. The van der Waals surface area contributed by atoms with E-state index in [1.165, 1.54) is 17.4 Å². The zero-order valence-corrected chi connectivity index (χ0v) is 9.96. The summed E-state index contributed by atoms with van der Waals surface area (Å²) in [6.45, 7) is 0. The van der Waals surface area contributed by atoms with Crippen molar-refractivity contribution in [2.24, 2.45) is 0 Å². The van der Waals surface area contributed by atoms with Gasteiger partial charge in [0.1, 0.15) is 6.10 Å². The molecule has 0 unspecified atom stereocenters. The van der Waals surface area contributed by atoms with Crippen LogP contribution in [-0.2, 0) is 17.6 Å². The number of carbonyl (C=O) groups is 1. The van der Waals surface area contributed by atoms with Crippen molar-refractivity contribution in [3.63, 3.8) is 0 Å². The molecule has 0 fully saturated rings. The molecule has 1 atom stereocenters. The van der Waals surface area contributed by atoms with Crippen LogP contribution >= 0.6 is 0 Å². The lowest BCUT2D eigenvalue weighted by atomic mass is 9.90. The van der Waals surface area contributed by atoms with Crippen molar-refractivity contribution >= 4 is 5.97 Å². The first-order chi connectivity index (χ1) is 8.83. The zero-order chi connectivity index (χ0) is 12.4. The number of hydrogen-bond donors (Lipinski definition) is 0. The van der Waals surface area contributed by atoms with Crippen molar-refractivity contribution in [3.8, 4) is 0 Å². The first-order valence-corrected chi connectivity index (χ1v) is 6.14. The highest BCUT2D eigenvalue weighted by Gasteiger charge is 2.23. The molecule has 0 radical (unpaired) electrons. The van der Waals surface area contributed by atoms with Gasteiger partial charge in [0.15, 0.2) is 0 Å². The summed E-state index contributed by atoms with van der Waals surface area (Å²) >= 11 is 0. The molecule has 1 aromatic carbocycles. The van der Waals surface area contributed by atoms with E-state index in [1.807, 2.05) is 12.1 Å². The molecule has 1 heterocycles. The summed E-state index contributed by atoms with van der Waals surface area (Å²) in [7, 11) is 0. The molecule has 0 bridgehead atoms. The van der Waals surface area contributed by atoms with Crippen molar-refractivity contribution in [3.05, 3.63) is 59.5 Å². The van der Waals surface area contributed by atoms with Crippen LogP contribution in [0.5, 0.6) is 0 Å². The number of rotatable bonds is 2. The molecule has 0 spiro atoms. The Kier molecular flexibility index (Phi) is 2.89. The van der Waals surface area contributed by atoms with Gasteiger partial charge in [0.05, 0.1) is 6.26 Å². The number of benzene rings is 1. The molecule has 1 aromatic heterocycles. The molecule has 3 heteroatoms. The Balaban J connectivity index is 1.68. The fourth-order valence-corrected chi connectivity index (χ4v) is 2.37. The van der Waals surface area contributed by atoms with E-state index < -0.39 is 0 Å². The maximum Gasteiger partial charge on any atom is 0.374 e. The molecule has 0 amide bonds. The fourth-order valence-electron chi connectivity index (χ4n) is 2.37. The van der Waals surface area contributed by atoms with E-state index in [1.54, 1.807) is 12.1 Å². The van der Waals surface area contributed by atoms with Crippen LogP contribution in [-0.4, -0.2) is 12.1 Å². The minimum atomic E-state index is -0.371. The fraction of sp³-hybridized carbons (Fsp3) is 0.267. The van der Waals surface area contributed by atoms with Gasteiger partial charge in [-0.05, 0) is 36.1 Å². The summed E-state index contributed by atoms with van der Waals surface area (Å²) in [5.74, 6) is -0.0989. The lowest BCUT2D eigenvalue weighted by molar-refractivity contribution is 0.0235. The van der Waals surface area contributed by atoms with Crippen LogP contribution < -0.4 is 0 Å². The highest BCUT2D eigenvalue weighted by Crippen LogP contribution is 2.23. The van der Waals surface area contributed by atoms with Crippen molar-refractivity contribution in [1.82, 2.24) is 0 Å². The smallest absolute Gasteiger partial charge is 0.374 e. The molecule has 3 nitrogen and oxygen atoms in total. The van der Waals surface area contributed by atoms with Crippen LogP contribution in [0.2, 0.25) is 0 Å². The van der Waals surface area contributed by atoms with Crippen LogP contribution in [0.3, 0.4) is 0 Å². The van der Waals surface area contributed by atoms with Gasteiger partial charge in [-0.1, -0.05) is 24.3 Å². The number of furan rings is 1. The Morgan fingerprint density at radius 2 is 2.00 bits per heavy atom. The van der Waals surface area contributed by atoms with Gasteiger partial charge in [0.25, 0.3) is 0 Å². The number of aryl methyl sites for hydroxylation is 1. The summed E-state index contributed by atoms with van der Waals surface area (Å²) in [6.07, 6.45) is 4.07. The average Bonchev–Trinajstić information content (AvgIpc) is 2.92. The quantitative estimate of drug-likeness (QED) is 0.760. The van der Waals surface area contributed by atoms with Crippen LogP contribution in [0.25, 0.3) is 0 Å². The first-order valence-electron chi connectivity index (χ1n) is 6.14. The van der Waals surface area contributed by atoms with E-state index in [9.17, 15) is 4.79 Å². The third-order valence-electron chi connectivity index (χ3n) is 3.30. The number of hydrogen-bond acceptors (Lipinski definition) is 3. The summed E-state index contributed by atoms with van der Waals surface area (Å²) in [4.78, 5) is 11.8. The second-order valence-corrected chi connectivity index (χ2v) is 4.52. The van der Waals surface area contributed by atoms with E-state index in [-0.39, 0.29) is 17.8 Å². The monoisotopic (exact) mass is 242 g/mol. The molecule has 0 saturated heterocycles. The standard InChI is InChI=1S/C15H14O3/c16-15(14-6-3-9-17-14)18-13-8-7-11-4-1-2-5-12(11)10-13/h1-6,9,13H,7-8,10H2/t13-/m0/s1. The largest absolute Gasteiger partial charge is 0.457 e. The van der Waals surface area contributed by atoms with E-state index in [4.69, 9.17) is 9.15 Å². The summed E-state index contributed by atoms with van der Waals surface area (Å²) in [6, 6.07) is 11.6. The molecule has 0 N–H and O–H groups in total. The Morgan fingerprint density at radius 3 is 2.78 bits per heavy atom. The van der Waals surface area contributed by atoms with Gasteiger partial charge < -0.3 is 9.15 Å². The highest BCUT2D eigenvalue weighted by atomic mass is 16.6. The molecule has 92 valence electrons. The van der Waals surface area contributed by atoms with Gasteiger partial charge in [-0.2, -0.15) is 0 Å². The maximum atomic E-state index is 11.8. The van der Waals surface area contributed by atoms with Crippen LogP contribution in [0.1, 0.15) is 28.1 Å². The Morgan fingerprint density at radius 1 is 1.17 bits per heavy atom. The topological polar surface area (TPSA) is 39.4 Å². The summed E-state index contributed by atoms with van der Waals surface area (Å²) in [5.41, 5.74) is 2.64. The number of esters is 1. The molecule has 3 rings (SSSR count). The second-order valence-electron chi connectivity index (χ2n) is 4.52. The molecular weight excluding hydrogens is 228 g/mol. The van der Waals surface area contributed by atoms with Gasteiger partial charge in [0.2, 0.25) is 5.76 Å². The zero-order valence-electron chi connectivity index (χ0n) is 9.96. The third-order valence-corrected chi connectivity index (χ3v) is 3.30. The van der Waals surface area contributed by atoms with Gasteiger partial charge >= 0.3 is 5.97 Å². The third kappa shape index (κ3) is 2.16. The van der Waals surface area contributed by atoms with Crippen molar-refractivity contribution in [2.45, 2.75) is 25.4 Å². The molecule has 0 aliphatic heterocycles. The van der Waals surface area contributed by atoms with Crippen LogP contribution in [0.4, 0.5) is 0 Å². The lowest BCUT2D eigenvalue weighted by Crippen LogP contribution is -2.25. The highest BCUT2D eigenvalue weighted by molar-refractivity contribution is 5.86. The summed E-state index contributed by atoms with van der Waals surface area (Å²) < 4.78 is 10.5. The predicted octanol–water partition coefficient (Wildman–Crippen LogP) is 2.99. The van der Waals surface area contributed by atoms with Gasteiger partial charge in [0, 0.05) is 6.42 Å². The van der Waals surface area contributed by atoms with Crippen molar-refractivity contribution in [2.75, 3.05) is 0 Å². The number of fused-ring (bicyclic) bond motifs is 1. The van der Waals surface area contributed by atoms with Crippen molar-refractivity contribution < 1.29 is 13.9 Å². The van der Waals surface area contributed by atoms with Gasteiger partial charge in [-0.15, -0.1) is 0 Å². The Bertz CT molecular complexity index is 543. The predicted molar refractivity (Wildman–Crippen MR) is 66.4 cm³/mol.